The molecule has 1 amide bonds. The van der Waals surface area contributed by atoms with Crippen molar-refractivity contribution < 1.29 is 4.79 Å². The van der Waals surface area contributed by atoms with Gasteiger partial charge in [0.15, 0.2) is 5.17 Å². The number of amides is 1. The monoisotopic (exact) mass is 258 g/mol. The van der Waals surface area contributed by atoms with Gasteiger partial charge < -0.3 is 4.98 Å². The zero-order valence-electron chi connectivity index (χ0n) is 9.60. The second-order valence-corrected chi connectivity index (χ2v) is 4.58. The number of imidazole rings is 1. The number of amidine groups is 1. The first-order valence-corrected chi connectivity index (χ1v) is 6.57. The lowest BCUT2D eigenvalue weighted by Gasteiger charge is -1.95. The smallest absolute Gasteiger partial charge is 0.275 e. The Balaban J connectivity index is 2.00. The third-order valence-corrected chi connectivity index (χ3v) is 3.20. The number of thioether (sulfide) groups is 1. The molecule has 2 heterocycles. The Kier molecular flexibility index (Phi) is 2.64. The van der Waals surface area contributed by atoms with Crippen molar-refractivity contribution in [1.29, 1.82) is 0 Å². The lowest BCUT2D eigenvalue weighted by Crippen LogP contribution is -2.21. The van der Waals surface area contributed by atoms with E-state index in [1.165, 1.54) is 11.8 Å². The van der Waals surface area contributed by atoms with E-state index in [2.05, 4.69) is 20.3 Å². The number of hydrogen-bond donors (Lipinski definition) is 2. The molecule has 5 nitrogen and oxygen atoms in total. The summed E-state index contributed by atoms with van der Waals surface area (Å²) in [6, 6.07) is 5.77. The van der Waals surface area contributed by atoms with E-state index in [1.807, 2.05) is 24.5 Å². The van der Waals surface area contributed by atoms with E-state index < -0.39 is 0 Å². The molecular formula is C12H10N4OS. The van der Waals surface area contributed by atoms with E-state index in [4.69, 9.17) is 0 Å². The normalized spacial score (nSPS) is 17.3. The van der Waals surface area contributed by atoms with Crippen LogP contribution in [-0.4, -0.2) is 27.3 Å². The number of carbonyl (C=O) groups is 1. The molecule has 2 aromatic rings. The number of hydrogen-bond acceptors (Lipinski definition) is 4. The van der Waals surface area contributed by atoms with Gasteiger partial charge in [0.2, 0.25) is 0 Å². The predicted molar refractivity (Wildman–Crippen MR) is 73.2 cm³/mol. The minimum Gasteiger partial charge on any atom is -0.345 e. The number of fused-ring (bicyclic) bond motifs is 1. The van der Waals surface area contributed by atoms with Crippen LogP contribution in [0, 0.1) is 0 Å². The van der Waals surface area contributed by atoms with Crippen LogP contribution in [0.1, 0.15) is 5.56 Å². The van der Waals surface area contributed by atoms with E-state index in [9.17, 15) is 4.79 Å². The molecule has 90 valence electrons. The summed E-state index contributed by atoms with van der Waals surface area (Å²) in [4.78, 5) is 23.0. The maximum atomic E-state index is 11.6. The van der Waals surface area contributed by atoms with Crippen molar-refractivity contribution in [3.8, 4) is 0 Å². The van der Waals surface area contributed by atoms with Gasteiger partial charge in [-0.2, -0.15) is 0 Å². The standard InChI is InChI=1S/C12H10N4OS/c1-18-12-15-10(11(17)16-12)5-7-2-3-8-9(4-7)14-6-13-8/h2-6H,1H3,(H,13,14)(H,15,16,17)/b10-5-. The molecule has 0 aliphatic carbocycles. The van der Waals surface area contributed by atoms with Crippen LogP contribution >= 0.6 is 11.8 Å². The van der Waals surface area contributed by atoms with Crippen LogP contribution in [0.15, 0.2) is 35.2 Å². The van der Waals surface area contributed by atoms with Gasteiger partial charge in [-0.05, 0) is 30.0 Å². The first-order valence-electron chi connectivity index (χ1n) is 5.35. The Morgan fingerprint density at radius 2 is 2.28 bits per heavy atom. The van der Waals surface area contributed by atoms with Gasteiger partial charge in [0.25, 0.3) is 5.91 Å². The SMILES string of the molecule is CSC1=N/C(=C\c2ccc3[nH]cnc3c2)C(=O)N1. The number of aromatic amines is 1. The highest BCUT2D eigenvalue weighted by Crippen LogP contribution is 2.17. The summed E-state index contributed by atoms with van der Waals surface area (Å²) >= 11 is 1.41. The molecule has 3 rings (SSSR count). The van der Waals surface area contributed by atoms with Crippen molar-refractivity contribution in [3.63, 3.8) is 0 Å². The van der Waals surface area contributed by atoms with E-state index in [-0.39, 0.29) is 5.91 Å². The van der Waals surface area contributed by atoms with Crippen molar-refractivity contribution in [2.45, 2.75) is 0 Å². The second kappa shape index (κ2) is 4.30. The fraction of sp³-hybridized carbons (Fsp3) is 0.0833. The van der Waals surface area contributed by atoms with Crippen molar-refractivity contribution >= 4 is 39.9 Å². The van der Waals surface area contributed by atoms with Crippen LogP contribution in [-0.2, 0) is 4.79 Å². The fourth-order valence-corrected chi connectivity index (χ4v) is 2.12. The molecule has 0 saturated heterocycles. The highest BCUT2D eigenvalue weighted by molar-refractivity contribution is 8.13. The molecule has 1 aliphatic heterocycles. The van der Waals surface area contributed by atoms with Crippen LogP contribution in [0.5, 0.6) is 0 Å². The zero-order chi connectivity index (χ0) is 12.5. The molecule has 1 aromatic carbocycles. The van der Waals surface area contributed by atoms with Crippen LogP contribution in [0.2, 0.25) is 0 Å². The number of carbonyl (C=O) groups excluding carboxylic acids is 1. The molecular weight excluding hydrogens is 248 g/mol. The molecule has 1 aromatic heterocycles. The summed E-state index contributed by atoms with van der Waals surface area (Å²) in [6.45, 7) is 0. The predicted octanol–water partition coefficient (Wildman–Crippen LogP) is 1.75. The third-order valence-electron chi connectivity index (χ3n) is 2.62. The molecule has 0 bridgehead atoms. The molecule has 1 aliphatic rings. The number of rotatable bonds is 1. The van der Waals surface area contributed by atoms with Crippen LogP contribution < -0.4 is 5.32 Å². The topological polar surface area (TPSA) is 70.1 Å². The van der Waals surface area contributed by atoms with Gasteiger partial charge in [0.1, 0.15) is 5.70 Å². The van der Waals surface area contributed by atoms with Gasteiger partial charge >= 0.3 is 0 Å². The lowest BCUT2D eigenvalue weighted by molar-refractivity contribution is -0.115. The maximum Gasteiger partial charge on any atom is 0.275 e. The fourth-order valence-electron chi connectivity index (χ4n) is 1.74. The average Bonchev–Trinajstić information content (AvgIpc) is 2.96. The van der Waals surface area contributed by atoms with E-state index in [1.54, 1.807) is 12.4 Å². The zero-order valence-corrected chi connectivity index (χ0v) is 10.4. The van der Waals surface area contributed by atoms with Gasteiger partial charge in [-0.3, -0.25) is 10.1 Å². The Morgan fingerprint density at radius 1 is 1.39 bits per heavy atom. The number of H-pyrrole nitrogens is 1. The molecule has 0 radical (unpaired) electrons. The van der Waals surface area contributed by atoms with Crippen molar-refractivity contribution in [1.82, 2.24) is 15.3 Å². The van der Waals surface area contributed by atoms with Gasteiger partial charge in [0.05, 0.1) is 17.4 Å². The minimum absolute atomic E-state index is 0.165. The summed E-state index contributed by atoms with van der Waals surface area (Å²) in [5, 5.41) is 3.32. The van der Waals surface area contributed by atoms with Crippen molar-refractivity contribution in [3.05, 3.63) is 35.8 Å². The number of nitrogens with one attached hydrogen (secondary N) is 2. The average molecular weight is 258 g/mol. The number of aromatic nitrogens is 2. The maximum absolute atomic E-state index is 11.6. The van der Waals surface area contributed by atoms with Crippen molar-refractivity contribution in [2.75, 3.05) is 6.26 Å². The molecule has 0 fully saturated rings. The van der Waals surface area contributed by atoms with E-state index in [0.29, 0.717) is 10.9 Å². The van der Waals surface area contributed by atoms with Gasteiger partial charge in [-0.1, -0.05) is 17.8 Å². The Hall–Kier alpha value is -2.08. The quantitative estimate of drug-likeness (QED) is 0.766. The summed E-state index contributed by atoms with van der Waals surface area (Å²) in [7, 11) is 0. The molecule has 6 heteroatoms. The van der Waals surface area contributed by atoms with Crippen molar-refractivity contribution in [2.24, 2.45) is 4.99 Å². The first kappa shape index (κ1) is 11.0. The van der Waals surface area contributed by atoms with Crippen LogP contribution in [0.4, 0.5) is 0 Å². The van der Waals surface area contributed by atoms with Gasteiger partial charge in [-0.25, -0.2) is 9.98 Å². The Bertz CT molecular complexity index is 686. The largest absolute Gasteiger partial charge is 0.345 e. The number of benzene rings is 1. The van der Waals surface area contributed by atoms with Gasteiger partial charge in [0, 0.05) is 0 Å². The summed E-state index contributed by atoms with van der Waals surface area (Å²) in [5.74, 6) is -0.165. The van der Waals surface area contributed by atoms with Gasteiger partial charge in [-0.15, -0.1) is 0 Å². The summed E-state index contributed by atoms with van der Waals surface area (Å²) < 4.78 is 0. The first-order chi connectivity index (χ1) is 8.76. The van der Waals surface area contributed by atoms with E-state index in [0.717, 1.165) is 16.6 Å². The number of nitrogens with zero attached hydrogens (tertiary/aromatic N) is 2. The third kappa shape index (κ3) is 1.91. The minimum atomic E-state index is -0.165. The molecule has 0 saturated carbocycles. The second-order valence-electron chi connectivity index (χ2n) is 3.78. The molecule has 18 heavy (non-hydrogen) atoms. The lowest BCUT2D eigenvalue weighted by atomic mass is 10.1. The number of aliphatic imine (C=N–C) groups is 1. The molecule has 2 N–H and O–H groups in total. The summed E-state index contributed by atoms with van der Waals surface area (Å²) in [5.41, 5.74) is 3.18. The molecule has 0 atom stereocenters. The highest BCUT2D eigenvalue weighted by Gasteiger charge is 2.18. The Morgan fingerprint density at radius 3 is 3.06 bits per heavy atom. The Labute approximate surface area is 107 Å². The summed E-state index contributed by atoms with van der Waals surface area (Å²) in [6.07, 6.45) is 5.28. The molecule has 0 spiro atoms. The highest BCUT2D eigenvalue weighted by atomic mass is 32.2. The van der Waals surface area contributed by atoms with Crippen LogP contribution in [0.25, 0.3) is 17.1 Å². The van der Waals surface area contributed by atoms with Crippen LogP contribution in [0.3, 0.4) is 0 Å². The molecule has 0 unspecified atom stereocenters. The van der Waals surface area contributed by atoms with E-state index >= 15 is 0 Å².